The van der Waals surface area contributed by atoms with Gasteiger partial charge in [0.2, 0.25) is 5.91 Å². The van der Waals surface area contributed by atoms with Crippen LogP contribution in [0.3, 0.4) is 0 Å². The van der Waals surface area contributed by atoms with Crippen LogP contribution in [0.1, 0.15) is 0 Å². The van der Waals surface area contributed by atoms with Crippen molar-refractivity contribution >= 4 is 64.1 Å². The van der Waals surface area contributed by atoms with Gasteiger partial charge in [0.15, 0.2) is 0 Å². The lowest BCUT2D eigenvalue weighted by atomic mass is 10.1. The highest BCUT2D eigenvalue weighted by atomic mass is 35.5. The molecule has 1 aliphatic heterocycles. The van der Waals surface area contributed by atoms with Gasteiger partial charge in [-0.25, -0.2) is 4.79 Å². The lowest BCUT2D eigenvalue weighted by Crippen LogP contribution is -2.49. The Hall–Kier alpha value is -3.13. The van der Waals surface area contributed by atoms with Crippen LogP contribution in [0.25, 0.3) is 0 Å². The second-order valence-corrected chi connectivity index (χ2v) is 10.7. The highest BCUT2D eigenvalue weighted by Crippen LogP contribution is 2.43. The van der Waals surface area contributed by atoms with Crippen molar-refractivity contribution < 1.29 is 9.59 Å². The van der Waals surface area contributed by atoms with Crippen molar-refractivity contribution in [3.05, 3.63) is 102 Å². The van der Waals surface area contributed by atoms with E-state index in [1.165, 1.54) is 11.8 Å². The number of benzene rings is 3. The van der Waals surface area contributed by atoms with Crippen molar-refractivity contribution in [3.63, 3.8) is 0 Å². The van der Waals surface area contributed by atoms with Crippen molar-refractivity contribution in [2.75, 3.05) is 21.3 Å². The molecular weight excluding hydrogens is 498 g/mol. The maximum atomic E-state index is 13.5. The molecule has 3 aromatic carbocycles. The van der Waals surface area contributed by atoms with Gasteiger partial charge in [-0.2, -0.15) is 0 Å². The first kappa shape index (κ1) is 23.6. The van der Waals surface area contributed by atoms with Gasteiger partial charge in [0.1, 0.15) is 0 Å². The van der Waals surface area contributed by atoms with Crippen LogP contribution in [0.5, 0.6) is 0 Å². The van der Waals surface area contributed by atoms with E-state index in [1.54, 1.807) is 36.0 Å². The molecule has 2 N–H and O–H groups in total. The Bertz CT molecular complexity index is 1330. The Kier molecular flexibility index (Phi) is 7.18. The predicted molar refractivity (Wildman–Crippen MR) is 147 cm³/mol. The molecule has 35 heavy (non-hydrogen) atoms. The van der Waals surface area contributed by atoms with Gasteiger partial charge in [0.05, 0.1) is 22.7 Å². The molecular formula is C27H22ClN3O2S2. The maximum absolute atomic E-state index is 13.5. The first-order valence-electron chi connectivity index (χ1n) is 11.1. The summed E-state index contributed by atoms with van der Waals surface area (Å²) in [4.78, 5) is 29.6. The van der Waals surface area contributed by atoms with E-state index in [0.717, 1.165) is 15.5 Å². The molecule has 0 saturated carbocycles. The molecule has 2 atom stereocenters. The third-order valence-corrected chi connectivity index (χ3v) is 8.06. The quantitative estimate of drug-likeness (QED) is 0.354. The molecule has 1 aliphatic carbocycles. The minimum absolute atomic E-state index is 0.0624. The van der Waals surface area contributed by atoms with Gasteiger partial charge in [-0.1, -0.05) is 60.2 Å². The zero-order valence-corrected chi connectivity index (χ0v) is 20.9. The number of fused-ring (bicyclic) bond motifs is 2. The molecule has 0 saturated heterocycles. The number of nitrogens with zero attached hydrogens (tertiary/aromatic N) is 1. The van der Waals surface area contributed by atoms with Crippen LogP contribution in [-0.2, 0) is 4.79 Å². The summed E-state index contributed by atoms with van der Waals surface area (Å²) in [6.45, 7) is 0. The average Bonchev–Trinajstić information content (AvgIpc) is 2.86. The molecule has 0 spiro atoms. The van der Waals surface area contributed by atoms with Gasteiger partial charge in [-0.05, 0) is 48.5 Å². The first-order chi connectivity index (χ1) is 17.1. The number of anilines is 3. The third-order valence-electron chi connectivity index (χ3n) is 5.53. The zero-order chi connectivity index (χ0) is 24.2. The Morgan fingerprint density at radius 2 is 1.69 bits per heavy atom. The van der Waals surface area contributed by atoms with Gasteiger partial charge in [-0.3, -0.25) is 9.69 Å². The number of para-hydroxylation sites is 1. The van der Waals surface area contributed by atoms with E-state index in [9.17, 15) is 9.59 Å². The molecule has 1 heterocycles. The van der Waals surface area contributed by atoms with E-state index < -0.39 is 0 Å². The van der Waals surface area contributed by atoms with Crippen LogP contribution in [0.2, 0.25) is 5.02 Å². The fourth-order valence-corrected chi connectivity index (χ4v) is 6.19. The van der Waals surface area contributed by atoms with E-state index in [-0.39, 0.29) is 29.0 Å². The average molecular weight is 520 g/mol. The fraction of sp³-hybridized carbons (Fsp3) is 0.111. The number of hydrogen-bond donors (Lipinski definition) is 2. The maximum Gasteiger partial charge on any atom is 0.326 e. The number of allylic oxidation sites excluding steroid dienone is 2. The number of halogens is 1. The van der Waals surface area contributed by atoms with E-state index in [4.69, 9.17) is 11.6 Å². The number of carbonyl (C=O) groups is 2. The Morgan fingerprint density at radius 1 is 0.914 bits per heavy atom. The molecule has 5 rings (SSSR count). The summed E-state index contributed by atoms with van der Waals surface area (Å²) in [5.74, 6) is 0.110. The normalized spacial score (nSPS) is 17.9. The summed E-state index contributed by atoms with van der Waals surface area (Å²) in [5.41, 5.74) is 2.24. The second kappa shape index (κ2) is 10.6. The molecule has 3 aromatic rings. The van der Waals surface area contributed by atoms with Crippen molar-refractivity contribution in [1.29, 1.82) is 0 Å². The highest BCUT2D eigenvalue weighted by molar-refractivity contribution is 8.00. The summed E-state index contributed by atoms with van der Waals surface area (Å²) in [6, 6.07) is 22.3. The van der Waals surface area contributed by atoms with Crippen LogP contribution in [0.15, 0.2) is 107 Å². The van der Waals surface area contributed by atoms with Crippen LogP contribution >= 0.6 is 35.1 Å². The van der Waals surface area contributed by atoms with Crippen LogP contribution in [-0.4, -0.2) is 29.0 Å². The minimum Gasteiger partial charge on any atom is -0.325 e. The second-order valence-electron chi connectivity index (χ2n) is 7.99. The number of thioether (sulfide) groups is 2. The van der Waals surface area contributed by atoms with E-state index in [1.807, 2.05) is 65.6 Å². The standard InChI is InChI=1S/C27H22ClN3O2S2/c28-18-7-5-8-19(15-18)29-26(32)17-34-21-10-6-9-20(16-21)30-27(33)31-22-11-1-3-13-24(22)35-25-14-4-2-12-23(25)31/h1-16,22,24H,17H2,(H,29,32)(H,30,33). The molecule has 0 fully saturated rings. The highest BCUT2D eigenvalue weighted by Gasteiger charge is 2.36. The number of rotatable bonds is 5. The lowest BCUT2D eigenvalue weighted by molar-refractivity contribution is -0.113. The topological polar surface area (TPSA) is 61.4 Å². The largest absolute Gasteiger partial charge is 0.326 e. The molecule has 5 nitrogen and oxygen atoms in total. The molecule has 8 heteroatoms. The summed E-state index contributed by atoms with van der Waals surface area (Å²) in [7, 11) is 0. The smallest absolute Gasteiger partial charge is 0.325 e. The van der Waals surface area contributed by atoms with Crippen molar-refractivity contribution in [2.45, 2.75) is 21.1 Å². The molecule has 2 aliphatic rings. The first-order valence-corrected chi connectivity index (χ1v) is 13.3. The summed E-state index contributed by atoms with van der Waals surface area (Å²) < 4.78 is 0. The Labute approximate surface area is 217 Å². The lowest BCUT2D eigenvalue weighted by Gasteiger charge is -2.40. The number of hydrogen-bond acceptors (Lipinski definition) is 4. The fourth-order valence-electron chi connectivity index (χ4n) is 3.98. The SMILES string of the molecule is O=C(CSc1cccc(NC(=O)N2c3ccccc3SC3C=CC=CC32)c1)Nc1cccc(Cl)c1. The number of carbonyl (C=O) groups excluding carboxylic acids is 2. The third kappa shape index (κ3) is 5.59. The van der Waals surface area contributed by atoms with E-state index >= 15 is 0 Å². The van der Waals surface area contributed by atoms with Crippen LogP contribution in [0.4, 0.5) is 21.9 Å². The van der Waals surface area contributed by atoms with E-state index in [2.05, 4.69) is 22.8 Å². The summed E-state index contributed by atoms with van der Waals surface area (Å²) in [6.07, 6.45) is 8.22. The van der Waals surface area contributed by atoms with Crippen molar-refractivity contribution in [1.82, 2.24) is 0 Å². The molecule has 3 amide bonds. The molecule has 0 bridgehead atoms. The Morgan fingerprint density at radius 3 is 2.54 bits per heavy atom. The molecule has 0 aromatic heterocycles. The summed E-state index contributed by atoms with van der Waals surface area (Å²) >= 11 is 9.15. The van der Waals surface area contributed by atoms with E-state index in [0.29, 0.717) is 16.4 Å². The molecule has 0 radical (unpaired) electrons. The Balaban J connectivity index is 1.26. The molecule has 2 unspecified atom stereocenters. The van der Waals surface area contributed by atoms with Crippen LogP contribution in [0, 0.1) is 0 Å². The van der Waals surface area contributed by atoms with Crippen molar-refractivity contribution in [3.8, 4) is 0 Å². The number of urea groups is 1. The zero-order valence-electron chi connectivity index (χ0n) is 18.6. The number of nitrogens with one attached hydrogen (secondary N) is 2. The van der Waals surface area contributed by atoms with Gasteiger partial charge in [-0.15, -0.1) is 23.5 Å². The van der Waals surface area contributed by atoms with Gasteiger partial charge in [0, 0.05) is 26.2 Å². The van der Waals surface area contributed by atoms with Gasteiger partial charge in [0.25, 0.3) is 0 Å². The van der Waals surface area contributed by atoms with Crippen LogP contribution < -0.4 is 15.5 Å². The number of amides is 3. The van der Waals surface area contributed by atoms with Gasteiger partial charge >= 0.3 is 6.03 Å². The monoisotopic (exact) mass is 519 g/mol. The van der Waals surface area contributed by atoms with Crippen molar-refractivity contribution in [2.24, 2.45) is 0 Å². The van der Waals surface area contributed by atoms with Gasteiger partial charge < -0.3 is 10.6 Å². The molecule has 176 valence electrons. The minimum atomic E-state index is -0.187. The summed E-state index contributed by atoms with van der Waals surface area (Å²) in [5, 5.41) is 6.63. The predicted octanol–water partition coefficient (Wildman–Crippen LogP) is 7.08.